The molecule has 2 aliphatic heterocycles. The monoisotopic (exact) mass is 213 g/mol. The molecule has 4 unspecified atom stereocenters. The number of nitrogens with one attached hydrogen (secondary N) is 1. The Balaban J connectivity index is 1.90. The standard InChI is InChI=1S/C12H23NO2/c1-2-9-3-5-13-11(7-9)10-8-15-6-4-12(10)14/h9-14H,2-8H2,1H3. The normalized spacial score (nSPS) is 42.8. The second kappa shape index (κ2) is 5.28. The highest BCUT2D eigenvalue weighted by atomic mass is 16.5. The molecule has 0 aromatic carbocycles. The SMILES string of the molecule is CCC1CCNC(C2COCCC2O)C1. The molecule has 3 heteroatoms. The van der Waals surface area contributed by atoms with Crippen LogP contribution in [0.5, 0.6) is 0 Å². The van der Waals surface area contributed by atoms with Crippen LogP contribution in [0.4, 0.5) is 0 Å². The molecule has 0 bridgehead atoms. The van der Waals surface area contributed by atoms with Crippen molar-refractivity contribution in [2.45, 2.75) is 44.8 Å². The van der Waals surface area contributed by atoms with Gasteiger partial charge >= 0.3 is 0 Å². The molecule has 0 aliphatic carbocycles. The van der Waals surface area contributed by atoms with Crippen LogP contribution in [0.3, 0.4) is 0 Å². The van der Waals surface area contributed by atoms with Crippen LogP contribution in [0.1, 0.15) is 32.6 Å². The summed E-state index contributed by atoms with van der Waals surface area (Å²) in [5.41, 5.74) is 0. The Kier molecular flexibility index (Phi) is 4.00. The van der Waals surface area contributed by atoms with Crippen molar-refractivity contribution < 1.29 is 9.84 Å². The van der Waals surface area contributed by atoms with Crippen LogP contribution in [0.2, 0.25) is 0 Å². The van der Waals surface area contributed by atoms with E-state index in [4.69, 9.17) is 4.74 Å². The second-order valence-electron chi connectivity index (χ2n) is 4.95. The lowest BCUT2D eigenvalue weighted by Crippen LogP contribution is -2.50. The van der Waals surface area contributed by atoms with E-state index < -0.39 is 0 Å². The first-order valence-electron chi connectivity index (χ1n) is 6.30. The summed E-state index contributed by atoms with van der Waals surface area (Å²) in [6.45, 7) is 4.82. The minimum absolute atomic E-state index is 0.160. The minimum atomic E-state index is -0.160. The summed E-state index contributed by atoms with van der Waals surface area (Å²) in [7, 11) is 0. The van der Waals surface area contributed by atoms with Crippen LogP contribution < -0.4 is 5.32 Å². The molecule has 0 spiro atoms. The molecule has 4 atom stereocenters. The summed E-state index contributed by atoms with van der Waals surface area (Å²) in [4.78, 5) is 0. The third-order valence-corrected chi connectivity index (χ3v) is 4.00. The molecule has 2 heterocycles. The lowest BCUT2D eigenvalue weighted by molar-refractivity contribution is -0.0546. The lowest BCUT2D eigenvalue weighted by atomic mass is 9.81. The van der Waals surface area contributed by atoms with E-state index in [1.807, 2.05) is 0 Å². The predicted molar refractivity (Wildman–Crippen MR) is 59.7 cm³/mol. The quantitative estimate of drug-likeness (QED) is 0.723. The van der Waals surface area contributed by atoms with Gasteiger partial charge in [-0.15, -0.1) is 0 Å². The average molecular weight is 213 g/mol. The maximum Gasteiger partial charge on any atom is 0.0627 e. The van der Waals surface area contributed by atoms with Crippen molar-refractivity contribution in [2.24, 2.45) is 11.8 Å². The third-order valence-electron chi connectivity index (χ3n) is 4.00. The smallest absolute Gasteiger partial charge is 0.0627 e. The maximum absolute atomic E-state index is 9.96. The molecule has 2 N–H and O–H groups in total. The number of piperidine rings is 1. The molecule has 0 amide bonds. The summed E-state index contributed by atoms with van der Waals surface area (Å²) in [6.07, 6.45) is 4.41. The van der Waals surface area contributed by atoms with Crippen LogP contribution in [0, 0.1) is 11.8 Å². The molecular formula is C12H23NO2. The first-order valence-corrected chi connectivity index (χ1v) is 6.30. The van der Waals surface area contributed by atoms with Gasteiger partial charge < -0.3 is 15.2 Å². The van der Waals surface area contributed by atoms with Crippen LogP contribution in [0.25, 0.3) is 0 Å². The van der Waals surface area contributed by atoms with Gasteiger partial charge in [-0.25, -0.2) is 0 Å². The summed E-state index contributed by atoms with van der Waals surface area (Å²) in [5.74, 6) is 1.15. The Morgan fingerprint density at radius 3 is 3.00 bits per heavy atom. The number of hydrogen-bond acceptors (Lipinski definition) is 3. The first-order chi connectivity index (χ1) is 7.31. The van der Waals surface area contributed by atoms with E-state index in [2.05, 4.69) is 12.2 Å². The molecule has 2 fully saturated rings. The van der Waals surface area contributed by atoms with Crippen LogP contribution >= 0.6 is 0 Å². The highest BCUT2D eigenvalue weighted by molar-refractivity contribution is 4.88. The van der Waals surface area contributed by atoms with Gasteiger partial charge in [0.05, 0.1) is 12.7 Å². The number of aliphatic hydroxyl groups excluding tert-OH is 1. The Morgan fingerprint density at radius 2 is 2.27 bits per heavy atom. The molecule has 0 aromatic rings. The molecule has 0 radical (unpaired) electrons. The summed E-state index contributed by atoms with van der Waals surface area (Å²) in [5, 5.41) is 13.5. The zero-order valence-electron chi connectivity index (χ0n) is 9.61. The fourth-order valence-corrected chi connectivity index (χ4v) is 2.86. The fourth-order valence-electron chi connectivity index (χ4n) is 2.86. The lowest BCUT2D eigenvalue weighted by Gasteiger charge is -2.39. The van der Waals surface area contributed by atoms with Gasteiger partial charge in [-0.1, -0.05) is 13.3 Å². The Hall–Kier alpha value is -0.120. The van der Waals surface area contributed by atoms with E-state index in [0.717, 1.165) is 32.1 Å². The zero-order valence-corrected chi connectivity index (χ0v) is 9.61. The predicted octanol–water partition coefficient (Wildman–Crippen LogP) is 1.16. The minimum Gasteiger partial charge on any atom is -0.393 e. The fraction of sp³-hybridized carbons (Fsp3) is 1.00. The highest BCUT2D eigenvalue weighted by Gasteiger charge is 2.33. The van der Waals surface area contributed by atoms with Crippen molar-refractivity contribution in [1.82, 2.24) is 5.32 Å². The van der Waals surface area contributed by atoms with E-state index in [1.165, 1.54) is 19.3 Å². The number of hydrogen-bond donors (Lipinski definition) is 2. The average Bonchev–Trinajstić information content (AvgIpc) is 2.30. The maximum atomic E-state index is 9.96. The van der Waals surface area contributed by atoms with Crippen molar-refractivity contribution in [3.8, 4) is 0 Å². The Labute approximate surface area is 92.2 Å². The third kappa shape index (κ3) is 2.71. The first kappa shape index (κ1) is 11.4. The summed E-state index contributed by atoms with van der Waals surface area (Å²) < 4.78 is 5.47. The molecular weight excluding hydrogens is 190 g/mol. The van der Waals surface area contributed by atoms with Crippen LogP contribution in [0.15, 0.2) is 0 Å². The van der Waals surface area contributed by atoms with Crippen LogP contribution in [-0.2, 0) is 4.74 Å². The topological polar surface area (TPSA) is 41.5 Å². The zero-order chi connectivity index (χ0) is 10.7. The van der Waals surface area contributed by atoms with Gasteiger partial charge in [0, 0.05) is 18.6 Å². The van der Waals surface area contributed by atoms with Gasteiger partial charge in [-0.3, -0.25) is 0 Å². The summed E-state index contributed by atoms with van der Waals surface area (Å²) >= 11 is 0. The van der Waals surface area contributed by atoms with Gasteiger partial charge in [-0.2, -0.15) is 0 Å². The van der Waals surface area contributed by atoms with Gasteiger partial charge in [0.2, 0.25) is 0 Å². The molecule has 2 rings (SSSR count). The van der Waals surface area contributed by atoms with Crippen molar-refractivity contribution in [2.75, 3.05) is 19.8 Å². The molecule has 2 aliphatic rings. The van der Waals surface area contributed by atoms with E-state index >= 15 is 0 Å². The highest BCUT2D eigenvalue weighted by Crippen LogP contribution is 2.27. The molecule has 3 nitrogen and oxygen atoms in total. The Morgan fingerprint density at radius 1 is 1.40 bits per heavy atom. The van der Waals surface area contributed by atoms with Crippen LogP contribution in [-0.4, -0.2) is 37.0 Å². The van der Waals surface area contributed by atoms with E-state index in [0.29, 0.717) is 12.0 Å². The molecule has 15 heavy (non-hydrogen) atoms. The second-order valence-corrected chi connectivity index (χ2v) is 4.95. The molecule has 0 aromatic heterocycles. The van der Waals surface area contributed by atoms with Gasteiger partial charge in [0.15, 0.2) is 0 Å². The number of rotatable bonds is 2. The van der Waals surface area contributed by atoms with Gasteiger partial charge in [0.1, 0.15) is 0 Å². The number of ether oxygens (including phenoxy) is 1. The number of aliphatic hydroxyl groups is 1. The molecule has 2 saturated heterocycles. The van der Waals surface area contributed by atoms with Gasteiger partial charge in [-0.05, 0) is 31.7 Å². The van der Waals surface area contributed by atoms with Crippen molar-refractivity contribution >= 4 is 0 Å². The van der Waals surface area contributed by atoms with E-state index in [-0.39, 0.29) is 6.10 Å². The largest absolute Gasteiger partial charge is 0.393 e. The van der Waals surface area contributed by atoms with Crippen molar-refractivity contribution in [3.05, 3.63) is 0 Å². The van der Waals surface area contributed by atoms with Gasteiger partial charge in [0.25, 0.3) is 0 Å². The molecule has 0 saturated carbocycles. The van der Waals surface area contributed by atoms with E-state index in [9.17, 15) is 5.11 Å². The summed E-state index contributed by atoms with van der Waals surface area (Å²) in [6, 6.07) is 0.471. The van der Waals surface area contributed by atoms with Crippen molar-refractivity contribution in [3.63, 3.8) is 0 Å². The Bertz CT molecular complexity index is 198. The molecule has 88 valence electrons. The van der Waals surface area contributed by atoms with Crippen molar-refractivity contribution in [1.29, 1.82) is 0 Å². The van der Waals surface area contributed by atoms with E-state index in [1.54, 1.807) is 0 Å².